The van der Waals surface area contributed by atoms with Gasteiger partial charge >= 0.3 is 12.1 Å². The third-order valence-corrected chi connectivity index (χ3v) is 3.93. The van der Waals surface area contributed by atoms with Gasteiger partial charge in [0.25, 0.3) is 5.69 Å². The summed E-state index contributed by atoms with van der Waals surface area (Å²) in [6, 6.07) is 14.0. The lowest BCUT2D eigenvalue weighted by Gasteiger charge is -2.20. The van der Waals surface area contributed by atoms with E-state index >= 15 is 0 Å². The Kier molecular flexibility index (Phi) is 7.50. The summed E-state index contributed by atoms with van der Waals surface area (Å²) in [5.41, 5.74) is 1.39. The molecule has 0 heterocycles. The lowest BCUT2D eigenvalue weighted by Crippen LogP contribution is -2.45. The third-order valence-electron chi connectivity index (χ3n) is 3.93. The van der Waals surface area contributed by atoms with Gasteiger partial charge in [-0.2, -0.15) is 0 Å². The van der Waals surface area contributed by atoms with Crippen molar-refractivity contribution in [3.05, 3.63) is 75.8 Å². The molecule has 1 unspecified atom stereocenters. The third kappa shape index (κ3) is 6.39. The number of rotatable bonds is 8. The van der Waals surface area contributed by atoms with Crippen molar-refractivity contribution in [3.63, 3.8) is 0 Å². The lowest BCUT2D eigenvalue weighted by atomic mass is 10.1. The van der Waals surface area contributed by atoms with Crippen molar-refractivity contribution in [1.82, 2.24) is 5.32 Å². The number of nitrogens with one attached hydrogen (secondary N) is 1. The summed E-state index contributed by atoms with van der Waals surface area (Å²) >= 11 is 0. The minimum absolute atomic E-state index is 0.0436. The van der Waals surface area contributed by atoms with Crippen molar-refractivity contribution in [3.8, 4) is 0 Å². The van der Waals surface area contributed by atoms with Crippen LogP contribution >= 0.6 is 0 Å². The smallest absolute Gasteiger partial charge is 0.408 e. The van der Waals surface area contributed by atoms with E-state index in [1.807, 2.05) is 30.3 Å². The van der Waals surface area contributed by atoms with Gasteiger partial charge in [-0.05, 0) is 29.2 Å². The molecule has 0 saturated heterocycles. The van der Waals surface area contributed by atoms with E-state index in [0.29, 0.717) is 5.56 Å². The van der Waals surface area contributed by atoms with Crippen LogP contribution in [0.25, 0.3) is 0 Å². The van der Waals surface area contributed by atoms with Crippen molar-refractivity contribution < 1.29 is 24.0 Å². The topological polar surface area (TPSA) is 108 Å². The van der Waals surface area contributed by atoms with E-state index < -0.39 is 23.0 Å². The van der Waals surface area contributed by atoms with E-state index in [9.17, 15) is 19.7 Å². The quantitative estimate of drug-likeness (QED) is 0.422. The van der Waals surface area contributed by atoms with Crippen LogP contribution in [0.3, 0.4) is 0 Å². The molecule has 1 atom stereocenters. The van der Waals surface area contributed by atoms with Gasteiger partial charge in [-0.3, -0.25) is 10.1 Å². The number of esters is 1. The number of nitrogens with zero attached hydrogens (tertiary/aromatic N) is 1. The van der Waals surface area contributed by atoms with Crippen LogP contribution in [-0.2, 0) is 27.5 Å². The number of ether oxygens (including phenoxy) is 2. The highest BCUT2D eigenvalue weighted by Gasteiger charge is 2.26. The van der Waals surface area contributed by atoms with Gasteiger partial charge in [0.1, 0.15) is 19.3 Å². The van der Waals surface area contributed by atoms with Gasteiger partial charge in [-0.1, -0.05) is 44.2 Å². The first-order valence-corrected chi connectivity index (χ1v) is 8.74. The molecule has 0 radical (unpaired) electrons. The Morgan fingerprint density at radius 1 is 0.964 bits per heavy atom. The summed E-state index contributed by atoms with van der Waals surface area (Å²) in [6.45, 7) is 3.58. The molecule has 28 heavy (non-hydrogen) atoms. The molecule has 1 amide bonds. The molecule has 0 aliphatic carbocycles. The predicted molar refractivity (Wildman–Crippen MR) is 101 cm³/mol. The van der Waals surface area contributed by atoms with Gasteiger partial charge < -0.3 is 14.8 Å². The monoisotopic (exact) mass is 386 g/mol. The van der Waals surface area contributed by atoms with E-state index in [4.69, 9.17) is 9.47 Å². The Morgan fingerprint density at radius 2 is 1.54 bits per heavy atom. The molecular weight excluding hydrogens is 364 g/mol. The highest BCUT2D eigenvalue weighted by Crippen LogP contribution is 2.13. The van der Waals surface area contributed by atoms with Crippen LogP contribution in [0.2, 0.25) is 0 Å². The van der Waals surface area contributed by atoms with Gasteiger partial charge in [0, 0.05) is 12.1 Å². The number of carbonyl (C=O) groups is 2. The molecule has 148 valence electrons. The Bertz CT molecular complexity index is 805. The number of hydrogen-bond acceptors (Lipinski definition) is 6. The molecule has 0 aliphatic rings. The van der Waals surface area contributed by atoms with Crippen LogP contribution in [0.5, 0.6) is 0 Å². The van der Waals surface area contributed by atoms with E-state index in [2.05, 4.69) is 5.32 Å². The summed E-state index contributed by atoms with van der Waals surface area (Å²) in [5, 5.41) is 13.2. The van der Waals surface area contributed by atoms with E-state index in [1.54, 1.807) is 13.8 Å². The van der Waals surface area contributed by atoms with Crippen LogP contribution in [0.15, 0.2) is 54.6 Å². The maximum absolute atomic E-state index is 12.3. The number of amides is 1. The Hall–Kier alpha value is -3.42. The van der Waals surface area contributed by atoms with Gasteiger partial charge in [0.05, 0.1) is 4.92 Å². The van der Waals surface area contributed by atoms with Gasteiger partial charge in [-0.15, -0.1) is 0 Å². The highest BCUT2D eigenvalue weighted by molar-refractivity contribution is 5.81. The highest BCUT2D eigenvalue weighted by atomic mass is 16.6. The summed E-state index contributed by atoms with van der Waals surface area (Å²) in [6.07, 6.45) is -0.713. The van der Waals surface area contributed by atoms with E-state index in [0.717, 1.165) is 5.56 Å². The molecule has 0 bridgehead atoms. The average Bonchev–Trinajstić information content (AvgIpc) is 2.69. The average molecular weight is 386 g/mol. The number of non-ortho nitro benzene ring substituents is 1. The summed E-state index contributed by atoms with van der Waals surface area (Å²) < 4.78 is 10.4. The van der Waals surface area contributed by atoms with Gasteiger partial charge in [0.15, 0.2) is 0 Å². The molecule has 0 fully saturated rings. The molecule has 0 saturated carbocycles. The first-order valence-electron chi connectivity index (χ1n) is 8.74. The van der Waals surface area contributed by atoms with Crippen molar-refractivity contribution in [2.24, 2.45) is 5.92 Å². The fourth-order valence-electron chi connectivity index (χ4n) is 2.35. The molecule has 2 rings (SSSR count). The second-order valence-electron chi connectivity index (χ2n) is 6.46. The largest absolute Gasteiger partial charge is 0.459 e. The number of alkyl carbamates (subject to hydrolysis) is 1. The number of benzene rings is 2. The number of carbonyl (C=O) groups excluding carboxylic acids is 2. The fraction of sp³-hybridized carbons (Fsp3) is 0.300. The summed E-state index contributed by atoms with van der Waals surface area (Å²) in [7, 11) is 0. The Labute approximate surface area is 162 Å². The summed E-state index contributed by atoms with van der Waals surface area (Å²) in [4.78, 5) is 34.5. The van der Waals surface area contributed by atoms with Crippen molar-refractivity contribution >= 4 is 17.7 Å². The van der Waals surface area contributed by atoms with E-state index in [-0.39, 0.29) is 24.8 Å². The van der Waals surface area contributed by atoms with Crippen LogP contribution < -0.4 is 5.32 Å². The van der Waals surface area contributed by atoms with Crippen molar-refractivity contribution in [2.75, 3.05) is 0 Å². The first-order chi connectivity index (χ1) is 13.4. The maximum atomic E-state index is 12.3. The Balaban J connectivity index is 1.86. The SMILES string of the molecule is CC(C)C(NC(=O)OCc1ccccc1)C(=O)OCc1ccc([N+](=O)[O-])cc1. The lowest BCUT2D eigenvalue weighted by molar-refractivity contribution is -0.384. The number of hydrogen-bond donors (Lipinski definition) is 1. The molecular formula is C20H22N2O6. The maximum Gasteiger partial charge on any atom is 0.408 e. The van der Waals surface area contributed by atoms with Crippen LogP contribution in [0.1, 0.15) is 25.0 Å². The number of nitro groups is 1. The summed E-state index contributed by atoms with van der Waals surface area (Å²) in [5.74, 6) is -0.821. The van der Waals surface area contributed by atoms with Crippen molar-refractivity contribution in [1.29, 1.82) is 0 Å². The van der Waals surface area contributed by atoms with E-state index in [1.165, 1.54) is 24.3 Å². The number of nitro benzene ring substituents is 1. The zero-order valence-corrected chi connectivity index (χ0v) is 15.7. The van der Waals surface area contributed by atoms with Crippen molar-refractivity contribution in [2.45, 2.75) is 33.1 Å². The first kappa shape index (κ1) is 20.9. The molecule has 2 aromatic rings. The van der Waals surface area contributed by atoms with Gasteiger partial charge in [0.2, 0.25) is 0 Å². The van der Waals surface area contributed by atoms with Crippen LogP contribution in [0, 0.1) is 16.0 Å². The fourth-order valence-corrected chi connectivity index (χ4v) is 2.35. The zero-order valence-electron chi connectivity index (χ0n) is 15.7. The van der Waals surface area contributed by atoms with Gasteiger partial charge in [-0.25, -0.2) is 9.59 Å². The molecule has 8 nitrogen and oxygen atoms in total. The standard InChI is InChI=1S/C20H22N2O6/c1-14(2)18(21-20(24)28-13-15-6-4-3-5-7-15)19(23)27-12-16-8-10-17(11-9-16)22(25)26/h3-11,14,18H,12-13H2,1-2H3,(H,21,24). The molecule has 8 heteroatoms. The minimum Gasteiger partial charge on any atom is -0.459 e. The van der Waals surface area contributed by atoms with Crippen LogP contribution in [-0.4, -0.2) is 23.0 Å². The molecule has 0 aromatic heterocycles. The molecule has 0 aliphatic heterocycles. The Morgan fingerprint density at radius 3 is 2.11 bits per heavy atom. The normalized spacial score (nSPS) is 11.5. The van der Waals surface area contributed by atoms with Crippen LogP contribution in [0.4, 0.5) is 10.5 Å². The second kappa shape index (κ2) is 10.1. The molecule has 0 spiro atoms. The predicted octanol–water partition coefficient (Wildman–Crippen LogP) is 3.59. The zero-order chi connectivity index (χ0) is 20.5. The minimum atomic E-state index is -0.874. The molecule has 1 N–H and O–H groups in total. The molecule has 2 aromatic carbocycles. The second-order valence-corrected chi connectivity index (χ2v) is 6.46.